The number of hydrazone groups is 1. The minimum atomic E-state index is -0.421. The molecule has 3 rings (SSSR count). The van der Waals surface area contributed by atoms with Crippen molar-refractivity contribution in [3.8, 4) is 11.5 Å². The van der Waals surface area contributed by atoms with E-state index in [1.807, 2.05) is 55.5 Å². The monoisotopic (exact) mass is 442 g/mol. The van der Waals surface area contributed by atoms with Crippen LogP contribution in [0.2, 0.25) is 10.0 Å². The van der Waals surface area contributed by atoms with E-state index < -0.39 is 5.91 Å². The highest BCUT2D eigenvalue weighted by Gasteiger charge is 2.06. The SMILES string of the molecule is Cc1ccc(COc2ccccc2/C=N/NC(=O)COc2ccc(Cl)cc2Cl)cc1. The van der Waals surface area contributed by atoms with E-state index >= 15 is 0 Å². The zero-order valence-corrected chi connectivity index (χ0v) is 17.8. The molecule has 0 atom stereocenters. The second kappa shape index (κ2) is 10.7. The van der Waals surface area contributed by atoms with Gasteiger partial charge in [0.15, 0.2) is 6.61 Å². The Labute approximate surface area is 185 Å². The first-order chi connectivity index (χ1) is 14.5. The molecule has 5 nitrogen and oxygen atoms in total. The lowest BCUT2D eigenvalue weighted by Crippen LogP contribution is -2.24. The average molecular weight is 443 g/mol. The molecule has 0 aliphatic heterocycles. The number of ether oxygens (including phenoxy) is 2. The fraction of sp³-hybridized carbons (Fsp3) is 0.130. The smallest absolute Gasteiger partial charge is 0.277 e. The first-order valence-electron chi connectivity index (χ1n) is 9.18. The fourth-order valence-electron chi connectivity index (χ4n) is 2.51. The quantitative estimate of drug-likeness (QED) is 0.374. The summed E-state index contributed by atoms with van der Waals surface area (Å²) < 4.78 is 11.3. The molecule has 154 valence electrons. The number of benzene rings is 3. The highest BCUT2D eigenvalue weighted by Crippen LogP contribution is 2.27. The highest BCUT2D eigenvalue weighted by molar-refractivity contribution is 6.35. The van der Waals surface area contributed by atoms with Crippen molar-refractivity contribution in [1.29, 1.82) is 0 Å². The van der Waals surface area contributed by atoms with Gasteiger partial charge in [0.25, 0.3) is 5.91 Å². The Morgan fingerprint density at radius 1 is 1.00 bits per heavy atom. The van der Waals surface area contributed by atoms with Gasteiger partial charge in [-0.3, -0.25) is 4.79 Å². The standard InChI is InChI=1S/C23H20Cl2N2O3/c1-16-6-8-17(9-7-16)14-29-21-5-3-2-4-18(21)13-26-27-23(28)15-30-22-11-10-19(24)12-20(22)25/h2-13H,14-15H2,1H3,(H,27,28)/b26-13+. The summed E-state index contributed by atoms with van der Waals surface area (Å²) in [7, 11) is 0. The van der Waals surface area contributed by atoms with Crippen molar-refractivity contribution >= 4 is 35.3 Å². The van der Waals surface area contributed by atoms with Gasteiger partial charge in [0.2, 0.25) is 0 Å². The number of aryl methyl sites for hydroxylation is 1. The van der Waals surface area contributed by atoms with Crippen LogP contribution in [-0.2, 0) is 11.4 Å². The number of carbonyl (C=O) groups excluding carboxylic acids is 1. The maximum absolute atomic E-state index is 12.0. The van der Waals surface area contributed by atoms with E-state index in [2.05, 4.69) is 10.5 Å². The van der Waals surface area contributed by atoms with Gasteiger partial charge < -0.3 is 9.47 Å². The van der Waals surface area contributed by atoms with Crippen LogP contribution in [0.3, 0.4) is 0 Å². The molecule has 1 N–H and O–H groups in total. The van der Waals surface area contributed by atoms with Gasteiger partial charge in [0.1, 0.15) is 18.1 Å². The van der Waals surface area contributed by atoms with Crippen LogP contribution in [-0.4, -0.2) is 18.7 Å². The number of nitrogens with one attached hydrogen (secondary N) is 1. The van der Waals surface area contributed by atoms with E-state index in [1.54, 1.807) is 18.2 Å². The number of rotatable bonds is 8. The van der Waals surface area contributed by atoms with E-state index in [9.17, 15) is 4.79 Å². The molecule has 0 fully saturated rings. The van der Waals surface area contributed by atoms with Gasteiger partial charge in [0, 0.05) is 10.6 Å². The van der Waals surface area contributed by atoms with Crippen molar-refractivity contribution in [3.05, 3.63) is 93.5 Å². The van der Waals surface area contributed by atoms with Crippen molar-refractivity contribution in [2.24, 2.45) is 5.10 Å². The van der Waals surface area contributed by atoms with E-state index in [0.717, 1.165) is 11.1 Å². The third kappa shape index (κ3) is 6.51. The summed E-state index contributed by atoms with van der Waals surface area (Å²) in [6, 6.07) is 20.4. The lowest BCUT2D eigenvalue weighted by molar-refractivity contribution is -0.123. The first kappa shape index (κ1) is 21.7. The van der Waals surface area contributed by atoms with Gasteiger partial charge in [0.05, 0.1) is 11.2 Å². The van der Waals surface area contributed by atoms with Crippen LogP contribution >= 0.6 is 23.2 Å². The van der Waals surface area contributed by atoms with Crippen LogP contribution in [0.4, 0.5) is 0 Å². The second-order valence-electron chi connectivity index (χ2n) is 6.47. The Balaban J connectivity index is 1.52. The molecule has 0 bridgehead atoms. The topological polar surface area (TPSA) is 59.9 Å². The number of amides is 1. The predicted molar refractivity (Wildman–Crippen MR) is 120 cm³/mol. The fourth-order valence-corrected chi connectivity index (χ4v) is 2.97. The average Bonchev–Trinajstić information content (AvgIpc) is 2.73. The molecule has 30 heavy (non-hydrogen) atoms. The number of hydrogen-bond acceptors (Lipinski definition) is 4. The maximum atomic E-state index is 12.0. The summed E-state index contributed by atoms with van der Waals surface area (Å²) in [6.07, 6.45) is 1.53. The van der Waals surface area contributed by atoms with Crippen LogP contribution in [0.1, 0.15) is 16.7 Å². The molecule has 0 radical (unpaired) electrons. The lowest BCUT2D eigenvalue weighted by atomic mass is 10.1. The zero-order valence-electron chi connectivity index (χ0n) is 16.3. The molecular weight excluding hydrogens is 423 g/mol. The molecule has 3 aromatic rings. The number of halogens is 2. The van der Waals surface area contributed by atoms with Crippen molar-refractivity contribution in [2.45, 2.75) is 13.5 Å². The van der Waals surface area contributed by atoms with E-state index in [-0.39, 0.29) is 6.61 Å². The molecule has 0 aliphatic rings. The Kier molecular flexibility index (Phi) is 7.71. The lowest BCUT2D eigenvalue weighted by Gasteiger charge is -2.09. The van der Waals surface area contributed by atoms with Crippen molar-refractivity contribution in [1.82, 2.24) is 5.43 Å². The van der Waals surface area contributed by atoms with Crippen LogP contribution in [0.5, 0.6) is 11.5 Å². The Morgan fingerprint density at radius 3 is 2.53 bits per heavy atom. The number of carbonyl (C=O) groups is 1. The minimum absolute atomic E-state index is 0.232. The molecule has 0 saturated heterocycles. The largest absolute Gasteiger partial charge is 0.488 e. The molecule has 1 amide bonds. The Bertz CT molecular complexity index is 1040. The van der Waals surface area contributed by atoms with Gasteiger partial charge in [-0.15, -0.1) is 0 Å². The molecule has 0 aromatic heterocycles. The molecule has 0 heterocycles. The molecule has 0 saturated carbocycles. The Hall–Kier alpha value is -3.02. The predicted octanol–water partition coefficient (Wildman–Crippen LogP) is 5.41. The Morgan fingerprint density at radius 2 is 1.77 bits per heavy atom. The summed E-state index contributed by atoms with van der Waals surface area (Å²) in [5, 5.41) is 4.80. The number of para-hydroxylation sites is 1. The van der Waals surface area contributed by atoms with Crippen molar-refractivity contribution in [3.63, 3.8) is 0 Å². The first-order valence-corrected chi connectivity index (χ1v) is 9.94. The maximum Gasteiger partial charge on any atom is 0.277 e. The highest BCUT2D eigenvalue weighted by atomic mass is 35.5. The van der Waals surface area contributed by atoms with Crippen molar-refractivity contribution < 1.29 is 14.3 Å². The van der Waals surface area contributed by atoms with Gasteiger partial charge in [-0.1, -0.05) is 65.2 Å². The summed E-state index contributed by atoms with van der Waals surface area (Å²) in [6.45, 7) is 2.25. The normalized spacial score (nSPS) is 10.8. The van der Waals surface area contributed by atoms with Crippen LogP contribution in [0.15, 0.2) is 71.8 Å². The zero-order chi connectivity index (χ0) is 21.3. The molecule has 0 spiro atoms. The summed E-state index contributed by atoms with van der Waals surface area (Å²) in [4.78, 5) is 12.0. The van der Waals surface area contributed by atoms with Crippen LogP contribution in [0.25, 0.3) is 0 Å². The van der Waals surface area contributed by atoms with Crippen LogP contribution < -0.4 is 14.9 Å². The van der Waals surface area contributed by atoms with Gasteiger partial charge >= 0.3 is 0 Å². The molecule has 0 unspecified atom stereocenters. The second-order valence-corrected chi connectivity index (χ2v) is 7.31. The van der Waals surface area contributed by atoms with Gasteiger partial charge in [-0.25, -0.2) is 5.43 Å². The number of nitrogens with zero attached hydrogens (tertiary/aromatic N) is 1. The molecule has 3 aromatic carbocycles. The summed E-state index contributed by atoms with van der Waals surface area (Å²) >= 11 is 11.8. The third-order valence-corrected chi connectivity index (χ3v) is 4.61. The van der Waals surface area contributed by atoms with E-state index in [4.69, 9.17) is 32.7 Å². The molecule has 7 heteroatoms. The summed E-state index contributed by atoms with van der Waals surface area (Å²) in [5.74, 6) is 0.616. The van der Waals surface area contributed by atoms with Crippen molar-refractivity contribution in [2.75, 3.05) is 6.61 Å². The van der Waals surface area contributed by atoms with Crippen LogP contribution in [0, 0.1) is 6.92 Å². The van der Waals surface area contributed by atoms with Gasteiger partial charge in [-0.2, -0.15) is 5.10 Å². The molecular formula is C23H20Cl2N2O3. The third-order valence-electron chi connectivity index (χ3n) is 4.08. The number of hydrogen-bond donors (Lipinski definition) is 1. The molecule has 0 aliphatic carbocycles. The van der Waals surface area contributed by atoms with Gasteiger partial charge in [-0.05, 0) is 42.8 Å². The van der Waals surface area contributed by atoms with E-state index in [0.29, 0.717) is 28.2 Å². The van der Waals surface area contributed by atoms with E-state index in [1.165, 1.54) is 11.8 Å². The minimum Gasteiger partial charge on any atom is -0.488 e. The summed E-state index contributed by atoms with van der Waals surface area (Å²) in [5.41, 5.74) is 5.43.